The summed E-state index contributed by atoms with van der Waals surface area (Å²) in [5.74, 6) is 0.996. The van der Waals surface area contributed by atoms with Crippen molar-refractivity contribution < 1.29 is 5.11 Å². The van der Waals surface area contributed by atoms with Gasteiger partial charge in [0.1, 0.15) is 0 Å². The van der Waals surface area contributed by atoms with E-state index in [-0.39, 0.29) is 0 Å². The van der Waals surface area contributed by atoms with Crippen molar-refractivity contribution in [1.82, 2.24) is 0 Å². The van der Waals surface area contributed by atoms with Crippen molar-refractivity contribution in [1.29, 1.82) is 0 Å². The predicted octanol–water partition coefficient (Wildman–Crippen LogP) is 3.14. The maximum atomic E-state index is 10.3. The van der Waals surface area contributed by atoms with Crippen LogP contribution in [0.2, 0.25) is 0 Å². The summed E-state index contributed by atoms with van der Waals surface area (Å²) in [7, 11) is 0. The third-order valence-electron chi connectivity index (χ3n) is 4.61. The first-order valence-corrected chi connectivity index (χ1v) is 5.76. The van der Waals surface area contributed by atoms with E-state index in [2.05, 4.69) is 20.4 Å². The van der Waals surface area contributed by atoms with Gasteiger partial charge in [0.25, 0.3) is 0 Å². The molecule has 80 valence electrons. The maximum absolute atomic E-state index is 10.3. The molecule has 2 aliphatic carbocycles. The Morgan fingerprint density at radius 2 is 1.71 bits per heavy atom. The lowest BCUT2D eigenvalue weighted by Crippen LogP contribution is -2.48. The summed E-state index contributed by atoms with van der Waals surface area (Å²) in [5.41, 5.74) is 1.24. The largest absolute Gasteiger partial charge is 0.390 e. The number of rotatable bonds is 0. The van der Waals surface area contributed by atoms with Gasteiger partial charge in [-0.05, 0) is 43.9 Å². The molecule has 2 saturated carbocycles. The molecule has 2 bridgehead atoms. The fourth-order valence-corrected chi connectivity index (χ4v) is 3.52. The van der Waals surface area contributed by atoms with Crippen LogP contribution in [0, 0.1) is 17.3 Å². The normalized spacial score (nSPS) is 46.4. The Morgan fingerprint density at radius 3 is 2.36 bits per heavy atom. The molecule has 0 saturated heterocycles. The van der Waals surface area contributed by atoms with E-state index in [1.807, 2.05) is 6.92 Å². The maximum Gasteiger partial charge on any atom is 0.0685 e. The third-order valence-corrected chi connectivity index (χ3v) is 4.61. The van der Waals surface area contributed by atoms with Gasteiger partial charge < -0.3 is 5.11 Å². The molecule has 1 N–H and O–H groups in total. The van der Waals surface area contributed by atoms with E-state index >= 15 is 0 Å². The molecule has 3 atom stereocenters. The summed E-state index contributed by atoms with van der Waals surface area (Å²) in [5, 5.41) is 10.3. The number of fused-ring (bicyclic) bond motifs is 2. The van der Waals surface area contributed by atoms with Crippen LogP contribution in [0.4, 0.5) is 0 Å². The van der Waals surface area contributed by atoms with Crippen molar-refractivity contribution in [2.24, 2.45) is 17.3 Å². The van der Waals surface area contributed by atoms with Crippen LogP contribution in [-0.4, -0.2) is 10.7 Å². The Kier molecular flexibility index (Phi) is 2.08. The van der Waals surface area contributed by atoms with Gasteiger partial charge in [-0.2, -0.15) is 0 Å². The zero-order valence-corrected chi connectivity index (χ0v) is 9.64. The zero-order chi connectivity index (χ0) is 10.6. The van der Waals surface area contributed by atoms with Crippen LogP contribution in [0.15, 0.2) is 12.2 Å². The van der Waals surface area contributed by atoms with Crippen LogP contribution in [0.25, 0.3) is 0 Å². The number of hydrogen-bond donors (Lipinski definition) is 1. The molecule has 1 heteroatoms. The molecule has 0 heterocycles. The Hall–Kier alpha value is -0.300. The zero-order valence-electron chi connectivity index (χ0n) is 9.64. The molecular formula is C13H22O. The Labute approximate surface area is 87.2 Å². The smallest absolute Gasteiger partial charge is 0.0685 e. The average Bonchev–Trinajstić information content (AvgIpc) is 1.99. The summed E-state index contributed by atoms with van der Waals surface area (Å²) >= 11 is 0. The van der Waals surface area contributed by atoms with E-state index in [0.717, 1.165) is 19.3 Å². The van der Waals surface area contributed by atoms with Crippen LogP contribution in [0.5, 0.6) is 0 Å². The summed E-state index contributed by atoms with van der Waals surface area (Å²) in [4.78, 5) is 0. The van der Waals surface area contributed by atoms with Crippen LogP contribution >= 0.6 is 0 Å². The lowest BCUT2D eigenvalue weighted by molar-refractivity contribution is -0.0581. The average molecular weight is 194 g/mol. The van der Waals surface area contributed by atoms with Crippen molar-refractivity contribution in [3.8, 4) is 0 Å². The van der Waals surface area contributed by atoms with E-state index in [4.69, 9.17) is 0 Å². The van der Waals surface area contributed by atoms with Gasteiger partial charge in [0.15, 0.2) is 0 Å². The van der Waals surface area contributed by atoms with E-state index in [0.29, 0.717) is 17.3 Å². The second-order valence-corrected chi connectivity index (χ2v) is 6.10. The molecular weight excluding hydrogens is 172 g/mol. The van der Waals surface area contributed by atoms with Crippen molar-refractivity contribution in [2.75, 3.05) is 0 Å². The van der Waals surface area contributed by atoms with E-state index in [1.54, 1.807) is 0 Å². The highest BCUT2D eigenvalue weighted by molar-refractivity contribution is 5.20. The van der Waals surface area contributed by atoms with Gasteiger partial charge in [-0.1, -0.05) is 26.0 Å². The molecule has 0 aliphatic heterocycles. The van der Waals surface area contributed by atoms with Crippen molar-refractivity contribution in [3.63, 3.8) is 0 Å². The molecule has 2 fully saturated rings. The Bertz CT molecular complexity index is 236. The van der Waals surface area contributed by atoms with Crippen molar-refractivity contribution >= 4 is 0 Å². The van der Waals surface area contributed by atoms with Gasteiger partial charge in [-0.3, -0.25) is 0 Å². The van der Waals surface area contributed by atoms with Gasteiger partial charge >= 0.3 is 0 Å². The summed E-state index contributed by atoms with van der Waals surface area (Å²) in [6, 6.07) is 0. The van der Waals surface area contributed by atoms with E-state index in [9.17, 15) is 5.11 Å². The summed E-state index contributed by atoms with van der Waals surface area (Å²) in [6.45, 7) is 10.9. The standard InChI is InChI=1S/C13H22O/c1-9-10-6-8-13(4,14)11(9)5-7-12(10,2)3/h10-11,14H,1,5-8H2,2-4H3. The Balaban J connectivity index is 2.29. The molecule has 0 spiro atoms. The Morgan fingerprint density at radius 1 is 1.14 bits per heavy atom. The molecule has 14 heavy (non-hydrogen) atoms. The minimum Gasteiger partial charge on any atom is -0.390 e. The molecule has 0 aromatic heterocycles. The number of aliphatic hydroxyl groups is 1. The summed E-state index contributed by atoms with van der Waals surface area (Å²) < 4.78 is 0. The molecule has 2 aliphatic rings. The van der Waals surface area contributed by atoms with Crippen molar-refractivity contribution in [2.45, 2.75) is 52.1 Å². The molecule has 0 amide bonds. The first-order valence-electron chi connectivity index (χ1n) is 5.76. The molecule has 3 unspecified atom stereocenters. The molecule has 1 nitrogen and oxygen atoms in total. The monoisotopic (exact) mass is 194 g/mol. The minimum absolute atomic E-state index is 0.356. The van der Waals surface area contributed by atoms with Crippen molar-refractivity contribution in [3.05, 3.63) is 12.2 Å². The summed E-state index contributed by atoms with van der Waals surface area (Å²) in [6.07, 6.45) is 4.42. The highest BCUT2D eigenvalue weighted by atomic mass is 16.3. The van der Waals surface area contributed by atoms with Gasteiger partial charge in [-0.25, -0.2) is 0 Å². The molecule has 0 aromatic carbocycles. The molecule has 0 radical (unpaired) electrons. The first-order chi connectivity index (χ1) is 6.34. The second kappa shape index (κ2) is 2.85. The van der Waals surface area contributed by atoms with Gasteiger partial charge in [0.2, 0.25) is 0 Å². The minimum atomic E-state index is -0.482. The fraction of sp³-hybridized carbons (Fsp3) is 0.846. The lowest BCUT2D eigenvalue weighted by Gasteiger charge is -2.53. The van der Waals surface area contributed by atoms with Crippen LogP contribution < -0.4 is 0 Å². The first kappa shape index (κ1) is 10.2. The highest BCUT2D eigenvalue weighted by Gasteiger charge is 2.49. The van der Waals surface area contributed by atoms with Crippen LogP contribution in [0.3, 0.4) is 0 Å². The SMILES string of the molecule is C=C1C2CCC(C)(O)C1CCC2(C)C. The lowest BCUT2D eigenvalue weighted by atomic mass is 9.54. The topological polar surface area (TPSA) is 20.2 Å². The second-order valence-electron chi connectivity index (χ2n) is 6.10. The molecule has 2 rings (SSSR count). The fourth-order valence-electron chi connectivity index (χ4n) is 3.52. The van der Waals surface area contributed by atoms with Gasteiger partial charge in [0, 0.05) is 5.92 Å². The third kappa shape index (κ3) is 1.33. The van der Waals surface area contributed by atoms with Gasteiger partial charge in [0.05, 0.1) is 5.60 Å². The van der Waals surface area contributed by atoms with Crippen LogP contribution in [-0.2, 0) is 0 Å². The van der Waals surface area contributed by atoms with E-state index in [1.165, 1.54) is 12.0 Å². The van der Waals surface area contributed by atoms with E-state index < -0.39 is 5.60 Å². The van der Waals surface area contributed by atoms with Gasteiger partial charge in [-0.15, -0.1) is 0 Å². The van der Waals surface area contributed by atoms with Crippen LogP contribution in [0.1, 0.15) is 46.5 Å². The number of hydrogen-bond acceptors (Lipinski definition) is 1. The molecule has 0 aromatic rings. The predicted molar refractivity (Wildman–Crippen MR) is 59.0 cm³/mol. The highest BCUT2D eigenvalue weighted by Crippen LogP contribution is 2.55. The quantitative estimate of drug-likeness (QED) is 0.587.